The molecule has 0 bridgehead atoms. The van der Waals surface area contributed by atoms with Crippen molar-refractivity contribution in [1.29, 1.82) is 0 Å². The van der Waals surface area contributed by atoms with Crippen LogP contribution in [0.5, 0.6) is 5.75 Å². The Kier molecular flexibility index (Phi) is 6.32. The summed E-state index contributed by atoms with van der Waals surface area (Å²) >= 11 is 0. The van der Waals surface area contributed by atoms with Crippen LogP contribution >= 0.6 is 0 Å². The highest BCUT2D eigenvalue weighted by Crippen LogP contribution is 2.27. The standard InChI is InChI=1S/C20H27NO/c1-4-10-18-15-19(21(5-2)6-3)13-14-20(18)22-16-17-11-8-7-9-12-17/h7-9,11-15H,4-6,10,16H2,1-3H3. The van der Waals surface area contributed by atoms with Crippen molar-refractivity contribution in [3.05, 3.63) is 59.7 Å². The molecule has 0 N–H and O–H groups in total. The van der Waals surface area contributed by atoms with E-state index in [0.717, 1.165) is 31.7 Å². The first-order valence-corrected chi connectivity index (χ1v) is 8.33. The van der Waals surface area contributed by atoms with E-state index in [1.807, 2.05) is 6.07 Å². The summed E-state index contributed by atoms with van der Waals surface area (Å²) in [5.41, 5.74) is 3.81. The molecule has 2 aromatic carbocycles. The van der Waals surface area contributed by atoms with Crippen LogP contribution in [0.15, 0.2) is 48.5 Å². The Bertz CT molecular complexity index is 561. The van der Waals surface area contributed by atoms with Gasteiger partial charge in [-0.05, 0) is 49.6 Å². The van der Waals surface area contributed by atoms with Gasteiger partial charge in [0.1, 0.15) is 12.4 Å². The number of benzene rings is 2. The van der Waals surface area contributed by atoms with Crippen LogP contribution in [-0.2, 0) is 13.0 Å². The van der Waals surface area contributed by atoms with Gasteiger partial charge in [0, 0.05) is 18.8 Å². The number of aryl methyl sites for hydroxylation is 1. The maximum absolute atomic E-state index is 6.06. The summed E-state index contributed by atoms with van der Waals surface area (Å²) in [4.78, 5) is 2.38. The van der Waals surface area contributed by atoms with Crippen LogP contribution in [0, 0.1) is 0 Å². The maximum Gasteiger partial charge on any atom is 0.123 e. The first kappa shape index (κ1) is 16.4. The van der Waals surface area contributed by atoms with Gasteiger partial charge in [0.2, 0.25) is 0 Å². The Hall–Kier alpha value is -1.96. The zero-order valence-electron chi connectivity index (χ0n) is 14.0. The van der Waals surface area contributed by atoms with Crippen LogP contribution in [0.3, 0.4) is 0 Å². The Morgan fingerprint density at radius 1 is 0.909 bits per heavy atom. The summed E-state index contributed by atoms with van der Waals surface area (Å²) in [5.74, 6) is 1.02. The average Bonchev–Trinajstić information content (AvgIpc) is 2.56. The van der Waals surface area contributed by atoms with Crippen molar-refractivity contribution in [2.24, 2.45) is 0 Å². The molecule has 0 aliphatic carbocycles. The van der Waals surface area contributed by atoms with Crippen LogP contribution < -0.4 is 9.64 Å². The first-order valence-electron chi connectivity index (χ1n) is 8.33. The Morgan fingerprint density at radius 3 is 2.27 bits per heavy atom. The molecule has 0 amide bonds. The third-order valence-corrected chi connectivity index (χ3v) is 3.93. The lowest BCUT2D eigenvalue weighted by atomic mass is 10.1. The first-order chi connectivity index (χ1) is 10.8. The second-order valence-corrected chi connectivity index (χ2v) is 5.49. The van der Waals surface area contributed by atoms with Crippen molar-refractivity contribution in [3.63, 3.8) is 0 Å². The van der Waals surface area contributed by atoms with Gasteiger partial charge in [-0.15, -0.1) is 0 Å². The quantitative estimate of drug-likeness (QED) is 0.675. The minimum Gasteiger partial charge on any atom is -0.489 e. The lowest BCUT2D eigenvalue weighted by molar-refractivity contribution is 0.303. The summed E-state index contributed by atoms with van der Waals surface area (Å²) < 4.78 is 6.06. The maximum atomic E-state index is 6.06. The predicted molar refractivity (Wildman–Crippen MR) is 94.8 cm³/mol. The Balaban J connectivity index is 2.15. The van der Waals surface area contributed by atoms with Crippen LogP contribution in [0.4, 0.5) is 5.69 Å². The molecule has 0 unspecified atom stereocenters. The van der Waals surface area contributed by atoms with E-state index in [1.54, 1.807) is 0 Å². The molecule has 0 spiro atoms. The van der Waals surface area contributed by atoms with E-state index >= 15 is 0 Å². The zero-order chi connectivity index (χ0) is 15.8. The fourth-order valence-corrected chi connectivity index (χ4v) is 2.69. The van der Waals surface area contributed by atoms with Crippen molar-refractivity contribution in [3.8, 4) is 5.75 Å². The predicted octanol–water partition coefficient (Wildman–Crippen LogP) is 5.06. The van der Waals surface area contributed by atoms with Gasteiger partial charge in [-0.3, -0.25) is 0 Å². The molecule has 0 aliphatic rings. The van der Waals surface area contributed by atoms with Crippen LogP contribution in [0.2, 0.25) is 0 Å². The largest absolute Gasteiger partial charge is 0.489 e. The van der Waals surface area contributed by atoms with Crippen LogP contribution in [0.1, 0.15) is 38.3 Å². The van der Waals surface area contributed by atoms with Crippen LogP contribution in [0.25, 0.3) is 0 Å². The highest BCUT2D eigenvalue weighted by Gasteiger charge is 2.08. The third kappa shape index (κ3) is 4.27. The molecule has 0 aromatic heterocycles. The number of anilines is 1. The van der Waals surface area contributed by atoms with E-state index in [-0.39, 0.29) is 0 Å². The highest BCUT2D eigenvalue weighted by molar-refractivity contribution is 5.53. The van der Waals surface area contributed by atoms with Gasteiger partial charge < -0.3 is 9.64 Å². The average molecular weight is 297 g/mol. The number of hydrogen-bond acceptors (Lipinski definition) is 2. The van der Waals surface area contributed by atoms with E-state index in [1.165, 1.54) is 16.8 Å². The fourth-order valence-electron chi connectivity index (χ4n) is 2.69. The molecular formula is C20H27NO. The highest BCUT2D eigenvalue weighted by atomic mass is 16.5. The Morgan fingerprint density at radius 2 is 1.64 bits per heavy atom. The minimum atomic E-state index is 0.627. The second-order valence-electron chi connectivity index (χ2n) is 5.49. The van der Waals surface area contributed by atoms with E-state index in [2.05, 4.69) is 68.1 Å². The van der Waals surface area contributed by atoms with E-state index in [0.29, 0.717) is 6.61 Å². The Labute approximate surface area is 134 Å². The van der Waals surface area contributed by atoms with Gasteiger partial charge in [-0.1, -0.05) is 43.7 Å². The monoisotopic (exact) mass is 297 g/mol. The zero-order valence-corrected chi connectivity index (χ0v) is 14.0. The number of rotatable bonds is 8. The third-order valence-electron chi connectivity index (χ3n) is 3.93. The van der Waals surface area contributed by atoms with Gasteiger partial charge in [0.25, 0.3) is 0 Å². The molecule has 2 heteroatoms. The van der Waals surface area contributed by atoms with Gasteiger partial charge in [-0.25, -0.2) is 0 Å². The second kappa shape index (κ2) is 8.47. The molecule has 0 saturated heterocycles. The SMILES string of the molecule is CCCc1cc(N(CC)CC)ccc1OCc1ccccc1. The molecule has 22 heavy (non-hydrogen) atoms. The molecule has 0 aliphatic heterocycles. The van der Waals surface area contributed by atoms with Crippen molar-refractivity contribution in [2.45, 2.75) is 40.2 Å². The molecule has 2 aromatic rings. The van der Waals surface area contributed by atoms with Crippen molar-refractivity contribution in [2.75, 3.05) is 18.0 Å². The summed E-state index contributed by atoms with van der Waals surface area (Å²) in [6, 6.07) is 16.9. The fraction of sp³-hybridized carbons (Fsp3) is 0.400. The molecular weight excluding hydrogens is 270 g/mol. The van der Waals surface area contributed by atoms with Gasteiger partial charge in [0.15, 0.2) is 0 Å². The van der Waals surface area contributed by atoms with E-state index in [9.17, 15) is 0 Å². The van der Waals surface area contributed by atoms with Gasteiger partial charge >= 0.3 is 0 Å². The van der Waals surface area contributed by atoms with Crippen molar-refractivity contribution < 1.29 is 4.74 Å². The lowest BCUT2D eigenvalue weighted by Gasteiger charge is -2.23. The molecule has 2 rings (SSSR count). The molecule has 0 radical (unpaired) electrons. The van der Waals surface area contributed by atoms with Gasteiger partial charge in [-0.2, -0.15) is 0 Å². The van der Waals surface area contributed by atoms with E-state index in [4.69, 9.17) is 4.74 Å². The van der Waals surface area contributed by atoms with Gasteiger partial charge in [0.05, 0.1) is 0 Å². The number of nitrogens with zero attached hydrogens (tertiary/aromatic N) is 1. The molecule has 118 valence electrons. The normalized spacial score (nSPS) is 10.5. The van der Waals surface area contributed by atoms with Crippen molar-refractivity contribution >= 4 is 5.69 Å². The topological polar surface area (TPSA) is 12.5 Å². The summed E-state index contributed by atoms with van der Waals surface area (Å²) in [5, 5.41) is 0. The summed E-state index contributed by atoms with van der Waals surface area (Å²) in [6.07, 6.45) is 2.18. The van der Waals surface area contributed by atoms with E-state index < -0.39 is 0 Å². The lowest BCUT2D eigenvalue weighted by Crippen LogP contribution is -2.21. The molecule has 0 saturated carbocycles. The molecule has 0 atom stereocenters. The molecule has 0 heterocycles. The number of ether oxygens (including phenoxy) is 1. The smallest absolute Gasteiger partial charge is 0.123 e. The minimum absolute atomic E-state index is 0.627. The summed E-state index contributed by atoms with van der Waals surface area (Å²) in [7, 11) is 0. The van der Waals surface area contributed by atoms with Crippen LogP contribution in [-0.4, -0.2) is 13.1 Å². The van der Waals surface area contributed by atoms with Crippen molar-refractivity contribution in [1.82, 2.24) is 0 Å². The summed E-state index contributed by atoms with van der Waals surface area (Å²) in [6.45, 7) is 9.30. The molecule has 2 nitrogen and oxygen atoms in total. The molecule has 0 fully saturated rings. The number of hydrogen-bond donors (Lipinski definition) is 0.